The molecule has 0 heterocycles. The molecule has 0 unspecified atom stereocenters. The van der Waals surface area contributed by atoms with Crippen molar-refractivity contribution in [2.45, 2.75) is 44.4 Å². The second-order valence-electron chi connectivity index (χ2n) is 9.97. The third kappa shape index (κ3) is 3.44. The topological polar surface area (TPSA) is 214 Å². The number of nitrogens with one attached hydrogen (secondary N) is 1. The number of aliphatic hydroxyl groups excluding tert-OH is 2. The Morgan fingerprint density at radius 2 is 1.78 bits per heavy atom. The minimum absolute atomic E-state index is 0.191. The van der Waals surface area contributed by atoms with E-state index >= 15 is 0 Å². The van der Waals surface area contributed by atoms with E-state index in [9.17, 15) is 44.4 Å². The van der Waals surface area contributed by atoms with E-state index in [0.717, 1.165) is 6.07 Å². The van der Waals surface area contributed by atoms with Crippen molar-refractivity contribution in [1.82, 2.24) is 5.32 Å². The van der Waals surface area contributed by atoms with Crippen LogP contribution < -0.4 is 11.1 Å². The molecule has 12 nitrogen and oxygen atoms in total. The summed E-state index contributed by atoms with van der Waals surface area (Å²) in [6, 6.07) is 3.75. The number of fused-ring (bicyclic) bond motifs is 3. The molecule has 0 bridgehead atoms. The lowest BCUT2D eigenvalue weighted by Crippen LogP contribution is -2.65. The van der Waals surface area contributed by atoms with Gasteiger partial charge in [0.1, 0.15) is 28.9 Å². The molecule has 190 valence electrons. The second kappa shape index (κ2) is 7.92. The van der Waals surface area contributed by atoms with Crippen molar-refractivity contribution in [3.8, 4) is 5.75 Å². The quantitative estimate of drug-likeness (QED) is 0.310. The van der Waals surface area contributed by atoms with Crippen LogP contribution in [-0.4, -0.2) is 67.0 Å². The average Bonchev–Trinajstić information content (AvgIpc) is 2.74. The molecule has 1 saturated carbocycles. The molecule has 0 radical (unpaired) electrons. The summed E-state index contributed by atoms with van der Waals surface area (Å²) >= 11 is 0. The Hall–Kier alpha value is -4.19. The van der Waals surface area contributed by atoms with E-state index in [4.69, 9.17) is 10.5 Å². The van der Waals surface area contributed by atoms with E-state index in [1.165, 1.54) is 12.1 Å². The number of amides is 2. The Labute approximate surface area is 204 Å². The summed E-state index contributed by atoms with van der Waals surface area (Å²) in [7, 11) is 0. The number of benzene rings is 1. The van der Waals surface area contributed by atoms with Crippen LogP contribution in [0.1, 0.15) is 43.1 Å². The third-order valence-corrected chi connectivity index (χ3v) is 6.49. The van der Waals surface area contributed by atoms with E-state index in [-0.39, 0.29) is 5.56 Å². The maximum Gasteiger partial charge on any atom is 0.407 e. The molecule has 0 aliphatic heterocycles. The van der Waals surface area contributed by atoms with Gasteiger partial charge in [-0.2, -0.15) is 0 Å². The fourth-order valence-electron chi connectivity index (χ4n) is 5.02. The van der Waals surface area contributed by atoms with E-state index < -0.39 is 98.8 Å². The Kier molecular flexibility index (Phi) is 5.48. The van der Waals surface area contributed by atoms with Gasteiger partial charge < -0.3 is 36.2 Å². The van der Waals surface area contributed by atoms with Gasteiger partial charge in [-0.3, -0.25) is 19.2 Å². The van der Waals surface area contributed by atoms with E-state index in [0.29, 0.717) is 0 Å². The Morgan fingerprint density at radius 3 is 2.36 bits per heavy atom. The number of carbonyl (C=O) groups is 5. The lowest BCUT2D eigenvalue weighted by Gasteiger charge is -2.49. The van der Waals surface area contributed by atoms with Crippen molar-refractivity contribution in [2.24, 2.45) is 17.6 Å². The number of nitrogens with two attached hydrogens (primary N) is 1. The number of ketones is 3. The predicted molar refractivity (Wildman–Crippen MR) is 121 cm³/mol. The van der Waals surface area contributed by atoms with Gasteiger partial charge in [-0.1, -0.05) is 12.1 Å². The number of hydrogen-bond acceptors (Lipinski definition) is 10. The summed E-state index contributed by atoms with van der Waals surface area (Å²) in [6.07, 6.45) is -3.62. The molecule has 3 aliphatic rings. The van der Waals surface area contributed by atoms with Crippen LogP contribution in [0.15, 0.2) is 35.1 Å². The van der Waals surface area contributed by atoms with Gasteiger partial charge in [0.25, 0.3) is 5.91 Å². The predicted octanol–water partition coefficient (Wildman–Crippen LogP) is 0.567. The highest BCUT2D eigenvalue weighted by Crippen LogP contribution is 2.52. The number of alkyl carbamates (subject to hydrolysis) is 1. The largest absolute Gasteiger partial charge is 0.508 e. The molecule has 4 atom stereocenters. The number of primary amides is 1. The second-order valence-corrected chi connectivity index (χ2v) is 9.97. The van der Waals surface area contributed by atoms with Crippen LogP contribution in [0, 0.1) is 11.8 Å². The molecular weight excluding hydrogens is 476 g/mol. The average molecular weight is 500 g/mol. The van der Waals surface area contributed by atoms with Gasteiger partial charge in [0.15, 0.2) is 17.2 Å². The molecule has 0 aromatic heterocycles. The van der Waals surface area contributed by atoms with Gasteiger partial charge in [-0.15, -0.1) is 0 Å². The molecule has 12 heteroatoms. The van der Waals surface area contributed by atoms with E-state index in [2.05, 4.69) is 5.32 Å². The van der Waals surface area contributed by atoms with Crippen molar-refractivity contribution < 1.29 is 49.1 Å². The van der Waals surface area contributed by atoms with Crippen LogP contribution in [-0.2, 0) is 19.1 Å². The van der Waals surface area contributed by atoms with Crippen LogP contribution >= 0.6 is 0 Å². The Bertz CT molecular complexity index is 1320. The van der Waals surface area contributed by atoms with Crippen molar-refractivity contribution in [3.63, 3.8) is 0 Å². The van der Waals surface area contributed by atoms with E-state index in [1.807, 2.05) is 0 Å². The molecule has 36 heavy (non-hydrogen) atoms. The standard InChI is InChI=1S/C24H24N2O10/c1-23(2,3)26-22(34)36-18-9-7-11(28)13(21(25)33)19(31)24(9,35)20(32)15-14(18)16(29)8-5-4-6-10(27)12(8)17(15)30/h4-6,9,14,18,27,30-31,35H,7H2,1-3H3,(H2,25,33)(H,26,34)/t9-,14+,18-,24-/m1/s1. The molecule has 1 fully saturated rings. The zero-order valence-electron chi connectivity index (χ0n) is 19.5. The molecule has 1 aromatic rings. The number of carbonyl (C=O) groups excluding carboxylic acids is 5. The minimum Gasteiger partial charge on any atom is -0.508 e. The van der Waals surface area contributed by atoms with Crippen LogP contribution in [0.3, 0.4) is 0 Å². The van der Waals surface area contributed by atoms with Gasteiger partial charge in [0.05, 0.1) is 17.1 Å². The first-order valence-corrected chi connectivity index (χ1v) is 10.9. The first kappa shape index (κ1) is 24.9. The molecule has 1 aromatic carbocycles. The normalized spacial score (nSPS) is 27.8. The number of aliphatic hydroxyl groups is 3. The molecule has 2 amide bonds. The summed E-state index contributed by atoms with van der Waals surface area (Å²) in [5.74, 6) is -10.9. The van der Waals surface area contributed by atoms with E-state index in [1.54, 1.807) is 20.8 Å². The van der Waals surface area contributed by atoms with Crippen LogP contribution in [0.5, 0.6) is 5.75 Å². The van der Waals surface area contributed by atoms with Gasteiger partial charge in [0, 0.05) is 23.4 Å². The summed E-state index contributed by atoms with van der Waals surface area (Å²) < 4.78 is 5.48. The zero-order chi connectivity index (χ0) is 26.9. The highest BCUT2D eigenvalue weighted by molar-refractivity contribution is 6.25. The fourth-order valence-corrected chi connectivity index (χ4v) is 5.02. The van der Waals surface area contributed by atoms with Gasteiger partial charge in [0.2, 0.25) is 5.78 Å². The van der Waals surface area contributed by atoms with Gasteiger partial charge in [-0.05, 0) is 26.8 Å². The Balaban J connectivity index is 2.00. The van der Waals surface area contributed by atoms with Crippen LogP contribution in [0.2, 0.25) is 0 Å². The van der Waals surface area contributed by atoms with Crippen molar-refractivity contribution >= 4 is 35.1 Å². The summed E-state index contributed by atoms with van der Waals surface area (Å²) in [5, 5.41) is 46.0. The smallest absolute Gasteiger partial charge is 0.407 e. The number of phenolic OH excluding ortho intramolecular Hbond substituents is 1. The molecule has 4 rings (SSSR count). The molecule has 0 saturated heterocycles. The van der Waals surface area contributed by atoms with Crippen molar-refractivity contribution in [1.29, 1.82) is 0 Å². The number of aromatic hydroxyl groups is 1. The molecule has 3 aliphatic carbocycles. The first-order chi connectivity index (χ1) is 16.6. The lowest BCUT2D eigenvalue weighted by molar-refractivity contribution is -0.158. The molecule has 7 N–H and O–H groups in total. The maximum atomic E-state index is 13.6. The fraction of sp³-hybridized carbons (Fsp3) is 0.375. The SMILES string of the molecule is CC(C)(C)NC(=O)O[C@H]1[C@@H]2C(=O)c3cccc(O)c3C(O)=C2C(=O)[C@]2(O)C(O)=C(C(N)=O)C(=O)C[C@H]12. The Morgan fingerprint density at radius 1 is 1.14 bits per heavy atom. The molecule has 0 spiro atoms. The van der Waals surface area contributed by atoms with Gasteiger partial charge in [-0.25, -0.2) is 4.79 Å². The highest BCUT2D eigenvalue weighted by atomic mass is 16.6. The van der Waals surface area contributed by atoms with Crippen LogP contribution in [0.4, 0.5) is 4.79 Å². The summed E-state index contributed by atoms with van der Waals surface area (Å²) in [4.78, 5) is 64.4. The maximum absolute atomic E-state index is 13.6. The monoisotopic (exact) mass is 500 g/mol. The summed E-state index contributed by atoms with van der Waals surface area (Å²) in [5.41, 5.74) is -1.05. The highest BCUT2D eigenvalue weighted by Gasteiger charge is 2.67. The minimum atomic E-state index is -3.05. The van der Waals surface area contributed by atoms with Gasteiger partial charge >= 0.3 is 6.09 Å². The van der Waals surface area contributed by atoms with Crippen molar-refractivity contribution in [2.75, 3.05) is 0 Å². The zero-order valence-corrected chi connectivity index (χ0v) is 19.5. The number of rotatable bonds is 2. The first-order valence-electron chi connectivity index (χ1n) is 10.9. The van der Waals surface area contributed by atoms with Crippen LogP contribution in [0.25, 0.3) is 5.76 Å². The lowest BCUT2D eigenvalue weighted by atomic mass is 9.57. The third-order valence-electron chi connectivity index (χ3n) is 6.49. The number of ether oxygens (including phenoxy) is 1. The number of hydrogen-bond donors (Lipinski definition) is 6. The van der Waals surface area contributed by atoms with Crippen molar-refractivity contribution in [3.05, 3.63) is 46.2 Å². The number of Topliss-reactive ketones (excluding diaryl/α,β-unsaturated/α-hetero) is 3. The summed E-state index contributed by atoms with van der Waals surface area (Å²) in [6.45, 7) is 4.90. The number of phenols is 1. The molecular formula is C24H24N2O10.